The van der Waals surface area contributed by atoms with Gasteiger partial charge in [-0.1, -0.05) is 18.2 Å². The Morgan fingerprint density at radius 1 is 1.00 bits per heavy atom. The summed E-state index contributed by atoms with van der Waals surface area (Å²) in [6.07, 6.45) is -0.102. The molecule has 0 saturated carbocycles. The van der Waals surface area contributed by atoms with Crippen molar-refractivity contribution >= 4 is 23.6 Å². The van der Waals surface area contributed by atoms with Crippen molar-refractivity contribution < 1.29 is 33.0 Å². The molecule has 2 aromatic carbocycles. The number of ether oxygens (including phenoxy) is 3. The van der Waals surface area contributed by atoms with Crippen LogP contribution in [0.2, 0.25) is 0 Å². The Labute approximate surface area is 160 Å². The van der Waals surface area contributed by atoms with Gasteiger partial charge in [-0.05, 0) is 29.8 Å². The van der Waals surface area contributed by atoms with Gasteiger partial charge in [-0.3, -0.25) is 14.9 Å². The van der Waals surface area contributed by atoms with Crippen LogP contribution < -0.4 is 20.1 Å². The zero-order valence-electron chi connectivity index (χ0n) is 15.3. The van der Waals surface area contributed by atoms with Gasteiger partial charge in [0.05, 0.1) is 26.3 Å². The van der Waals surface area contributed by atoms with Crippen molar-refractivity contribution in [2.45, 2.75) is 6.42 Å². The van der Waals surface area contributed by atoms with Gasteiger partial charge in [0.25, 0.3) is 5.91 Å². The molecule has 0 aliphatic carbocycles. The lowest BCUT2D eigenvalue weighted by Crippen LogP contribution is -2.37. The second-order valence-corrected chi connectivity index (χ2v) is 5.51. The average molecular weight is 390 g/mol. The number of amides is 3. The Balaban J connectivity index is 1.80. The van der Waals surface area contributed by atoms with E-state index in [-0.39, 0.29) is 12.1 Å². The third-order valence-corrected chi connectivity index (χ3v) is 3.54. The fourth-order valence-electron chi connectivity index (χ4n) is 2.23. The van der Waals surface area contributed by atoms with Crippen LogP contribution in [0, 0.1) is 5.82 Å². The number of methoxy groups -OCH3 is 2. The summed E-state index contributed by atoms with van der Waals surface area (Å²) in [7, 11) is 2.96. The van der Waals surface area contributed by atoms with E-state index < -0.39 is 30.3 Å². The molecule has 0 atom stereocenters. The quantitative estimate of drug-likeness (QED) is 0.703. The third-order valence-electron chi connectivity index (χ3n) is 3.54. The lowest BCUT2D eigenvalue weighted by atomic mass is 10.1. The number of esters is 1. The normalized spacial score (nSPS) is 9.96. The number of hydrogen-bond acceptors (Lipinski definition) is 6. The van der Waals surface area contributed by atoms with E-state index in [2.05, 4.69) is 5.32 Å². The molecule has 0 radical (unpaired) electrons. The van der Waals surface area contributed by atoms with Crippen LogP contribution in [0.5, 0.6) is 11.5 Å². The number of urea groups is 1. The van der Waals surface area contributed by atoms with E-state index in [4.69, 9.17) is 14.2 Å². The molecule has 9 heteroatoms. The molecule has 0 fully saturated rings. The minimum absolute atomic E-state index is 0.0850. The van der Waals surface area contributed by atoms with Gasteiger partial charge < -0.3 is 19.5 Å². The van der Waals surface area contributed by atoms with E-state index in [1.54, 1.807) is 18.2 Å². The summed E-state index contributed by atoms with van der Waals surface area (Å²) in [5, 5.41) is 4.12. The minimum atomic E-state index is -0.939. The molecule has 2 N–H and O–H groups in total. The monoisotopic (exact) mass is 390 g/mol. The fourth-order valence-corrected chi connectivity index (χ4v) is 2.23. The number of imide groups is 1. The first-order valence-electron chi connectivity index (χ1n) is 8.14. The van der Waals surface area contributed by atoms with E-state index in [1.807, 2.05) is 5.32 Å². The molecule has 0 unspecified atom stereocenters. The summed E-state index contributed by atoms with van der Waals surface area (Å²) < 4.78 is 28.5. The van der Waals surface area contributed by atoms with Crippen LogP contribution >= 0.6 is 0 Å². The maximum Gasteiger partial charge on any atom is 0.326 e. The number of hydrogen-bond donors (Lipinski definition) is 2. The predicted octanol–water partition coefficient (Wildman–Crippen LogP) is 2.28. The average Bonchev–Trinajstić information content (AvgIpc) is 2.68. The molecule has 0 spiro atoms. The number of nitrogens with one attached hydrogen (secondary N) is 2. The number of anilines is 1. The summed E-state index contributed by atoms with van der Waals surface area (Å²) >= 11 is 0. The van der Waals surface area contributed by atoms with Gasteiger partial charge in [-0.25, -0.2) is 9.18 Å². The highest BCUT2D eigenvalue weighted by Crippen LogP contribution is 2.27. The van der Waals surface area contributed by atoms with Crippen LogP contribution in [0.4, 0.5) is 14.9 Å². The molecular formula is C19H19FN2O6. The highest BCUT2D eigenvalue weighted by Gasteiger charge is 2.14. The number of carbonyl (C=O) groups is 3. The van der Waals surface area contributed by atoms with Crippen molar-refractivity contribution in [2.24, 2.45) is 0 Å². The molecule has 3 amide bonds. The van der Waals surface area contributed by atoms with Crippen molar-refractivity contribution in [3.05, 3.63) is 53.8 Å². The first-order valence-corrected chi connectivity index (χ1v) is 8.14. The molecule has 0 aromatic heterocycles. The van der Waals surface area contributed by atoms with Crippen molar-refractivity contribution in [2.75, 3.05) is 26.1 Å². The number of halogens is 1. The third kappa shape index (κ3) is 5.97. The van der Waals surface area contributed by atoms with Crippen LogP contribution in [-0.4, -0.2) is 38.7 Å². The van der Waals surface area contributed by atoms with Crippen LogP contribution in [0.25, 0.3) is 0 Å². The first kappa shape index (κ1) is 20.7. The van der Waals surface area contributed by atoms with Crippen LogP contribution in [0.15, 0.2) is 42.5 Å². The molecule has 0 aliphatic heterocycles. The van der Waals surface area contributed by atoms with E-state index in [0.717, 1.165) is 6.07 Å². The smallest absolute Gasteiger partial charge is 0.326 e. The number of carbonyl (C=O) groups excluding carboxylic acids is 3. The zero-order valence-corrected chi connectivity index (χ0v) is 15.3. The first-order chi connectivity index (χ1) is 13.4. The molecule has 0 bridgehead atoms. The van der Waals surface area contributed by atoms with Gasteiger partial charge in [0.1, 0.15) is 5.82 Å². The minimum Gasteiger partial charge on any atom is -0.493 e. The lowest BCUT2D eigenvalue weighted by molar-refractivity contribution is -0.147. The highest BCUT2D eigenvalue weighted by atomic mass is 19.1. The number of benzene rings is 2. The van der Waals surface area contributed by atoms with Gasteiger partial charge in [0, 0.05) is 0 Å². The van der Waals surface area contributed by atoms with Crippen molar-refractivity contribution in [3.63, 3.8) is 0 Å². The molecule has 0 saturated heterocycles. The molecule has 28 heavy (non-hydrogen) atoms. The van der Waals surface area contributed by atoms with E-state index in [9.17, 15) is 18.8 Å². The molecule has 0 aliphatic rings. The zero-order chi connectivity index (χ0) is 20.5. The summed E-state index contributed by atoms with van der Waals surface area (Å²) in [6, 6.07) is 9.45. The van der Waals surface area contributed by atoms with Crippen molar-refractivity contribution in [1.29, 1.82) is 0 Å². The van der Waals surface area contributed by atoms with Crippen LogP contribution in [0.3, 0.4) is 0 Å². The topological polar surface area (TPSA) is 103 Å². The van der Waals surface area contributed by atoms with Gasteiger partial charge in [-0.15, -0.1) is 0 Å². The summed E-state index contributed by atoms with van der Waals surface area (Å²) in [5.41, 5.74) is 0.513. The Morgan fingerprint density at radius 2 is 1.71 bits per heavy atom. The van der Waals surface area contributed by atoms with Crippen LogP contribution in [-0.2, 0) is 20.7 Å². The van der Waals surface area contributed by atoms with Gasteiger partial charge >= 0.3 is 12.0 Å². The lowest BCUT2D eigenvalue weighted by Gasteiger charge is -2.10. The van der Waals surface area contributed by atoms with E-state index >= 15 is 0 Å². The second kappa shape index (κ2) is 9.91. The predicted molar refractivity (Wildman–Crippen MR) is 97.8 cm³/mol. The van der Waals surface area contributed by atoms with Crippen molar-refractivity contribution in [1.82, 2.24) is 5.32 Å². The Kier molecular flexibility index (Phi) is 7.32. The Morgan fingerprint density at radius 3 is 2.39 bits per heavy atom. The molecule has 2 rings (SSSR count). The molecule has 2 aromatic rings. The largest absolute Gasteiger partial charge is 0.493 e. The SMILES string of the molecule is COc1ccc(CC(=O)OCC(=O)NC(=O)Nc2ccccc2F)cc1OC. The van der Waals surface area contributed by atoms with E-state index in [1.165, 1.54) is 32.4 Å². The molecule has 8 nitrogen and oxygen atoms in total. The van der Waals surface area contributed by atoms with Crippen molar-refractivity contribution in [3.8, 4) is 11.5 Å². The maximum atomic E-state index is 13.4. The summed E-state index contributed by atoms with van der Waals surface area (Å²) in [6.45, 7) is -0.656. The maximum absolute atomic E-state index is 13.4. The number of rotatable bonds is 7. The highest BCUT2D eigenvalue weighted by molar-refractivity contribution is 6.01. The molecule has 148 valence electrons. The fraction of sp³-hybridized carbons (Fsp3) is 0.211. The summed E-state index contributed by atoms with van der Waals surface area (Å²) in [5.74, 6) is -1.20. The Bertz CT molecular complexity index is 871. The van der Waals surface area contributed by atoms with Crippen LogP contribution in [0.1, 0.15) is 5.56 Å². The molecule has 0 heterocycles. The number of para-hydroxylation sites is 1. The van der Waals surface area contributed by atoms with Gasteiger partial charge in [0.2, 0.25) is 0 Å². The Hall–Kier alpha value is -3.62. The van der Waals surface area contributed by atoms with Gasteiger partial charge in [0.15, 0.2) is 18.1 Å². The van der Waals surface area contributed by atoms with Gasteiger partial charge in [-0.2, -0.15) is 0 Å². The standard InChI is InChI=1S/C19H19FN2O6/c1-26-15-8-7-12(9-16(15)27-2)10-18(24)28-11-17(23)22-19(25)21-14-6-4-3-5-13(14)20/h3-9H,10-11H2,1-2H3,(H2,21,22,23,25). The molecular weight excluding hydrogens is 371 g/mol. The van der Waals surface area contributed by atoms with E-state index in [0.29, 0.717) is 17.1 Å². The summed E-state index contributed by atoms with van der Waals surface area (Å²) in [4.78, 5) is 35.2. The second-order valence-electron chi connectivity index (χ2n) is 5.51.